The molecule has 0 saturated heterocycles. The highest BCUT2D eigenvalue weighted by molar-refractivity contribution is 9.10. The lowest BCUT2D eigenvalue weighted by atomic mass is 9.90. The van der Waals surface area contributed by atoms with Gasteiger partial charge in [-0.25, -0.2) is 0 Å². The molecule has 0 heterocycles. The van der Waals surface area contributed by atoms with E-state index in [9.17, 15) is 0 Å². The SMILES string of the molecule is N=C(N)c1ccc(OCC2CCCCC2)c(Br)c1. The Hall–Kier alpha value is -1.03. The van der Waals surface area contributed by atoms with Crippen molar-refractivity contribution >= 4 is 21.8 Å². The first-order chi connectivity index (χ1) is 8.66. The molecule has 0 aliphatic heterocycles. The van der Waals surface area contributed by atoms with Crippen LogP contribution in [0.3, 0.4) is 0 Å². The van der Waals surface area contributed by atoms with Gasteiger partial charge in [0.25, 0.3) is 0 Å². The van der Waals surface area contributed by atoms with Crippen molar-refractivity contribution < 1.29 is 4.74 Å². The number of rotatable bonds is 4. The highest BCUT2D eigenvalue weighted by Gasteiger charge is 2.14. The van der Waals surface area contributed by atoms with Crippen LogP contribution in [-0.4, -0.2) is 12.4 Å². The Kier molecular flexibility index (Phi) is 4.64. The van der Waals surface area contributed by atoms with Crippen molar-refractivity contribution in [3.63, 3.8) is 0 Å². The summed E-state index contributed by atoms with van der Waals surface area (Å²) < 4.78 is 6.72. The van der Waals surface area contributed by atoms with Gasteiger partial charge >= 0.3 is 0 Å². The number of nitrogens with one attached hydrogen (secondary N) is 1. The molecule has 0 aromatic heterocycles. The zero-order chi connectivity index (χ0) is 13.0. The first kappa shape index (κ1) is 13.4. The fourth-order valence-corrected chi connectivity index (χ4v) is 2.84. The van der Waals surface area contributed by atoms with E-state index in [1.807, 2.05) is 18.2 Å². The molecule has 1 fully saturated rings. The third kappa shape index (κ3) is 3.48. The Morgan fingerprint density at radius 2 is 2.06 bits per heavy atom. The third-order valence-electron chi connectivity index (χ3n) is 3.44. The van der Waals surface area contributed by atoms with Gasteiger partial charge in [0.05, 0.1) is 11.1 Å². The predicted molar refractivity (Wildman–Crippen MR) is 77.2 cm³/mol. The van der Waals surface area contributed by atoms with E-state index in [1.165, 1.54) is 32.1 Å². The normalized spacial score (nSPS) is 16.5. The minimum Gasteiger partial charge on any atom is -0.492 e. The average Bonchev–Trinajstić information content (AvgIpc) is 2.38. The molecule has 3 nitrogen and oxygen atoms in total. The van der Waals surface area contributed by atoms with Crippen molar-refractivity contribution in [1.82, 2.24) is 0 Å². The summed E-state index contributed by atoms with van der Waals surface area (Å²) >= 11 is 3.46. The maximum atomic E-state index is 7.38. The van der Waals surface area contributed by atoms with E-state index in [1.54, 1.807) is 0 Å². The highest BCUT2D eigenvalue weighted by Crippen LogP contribution is 2.29. The molecule has 0 bridgehead atoms. The molecule has 1 aromatic rings. The number of amidine groups is 1. The van der Waals surface area contributed by atoms with Crippen LogP contribution < -0.4 is 10.5 Å². The lowest BCUT2D eigenvalue weighted by Gasteiger charge is -2.22. The van der Waals surface area contributed by atoms with E-state index < -0.39 is 0 Å². The molecule has 0 atom stereocenters. The molecular formula is C14H19BrN2O. The van der Waals surface area contributed by atoms with E-state index in [4.69, 9.17) is 15.9 Å². The highest BCUT2D eigenvalue weighted by atomic mass is 79.9. The molecule has 4 heteroatoms. The molecular weight excluding hydrogens is 292 g/mol. The molecule has 3 N–H and O–H groups in total. The standard InChI is InChI=1S/C14H19BrN2O/c15-12-8-11(14(16)17)6-7-13(12)18-9-10-4-2-1-3-5-10/h6-8,10H,1-5,9H2,(H3,16,17). The number of nitrogens with two attached hydrogens (primary N) is 1. The van der Waals surface area contributed by atoms with Crippen LogP contribution >= 0.6 is 15.9 Å². The van der Waals surface area contributed by atoms with E-state index in [2.05, 4.69) is 15.9 Å². The molecule has 1 aromatic carbocycles. The van der Waals surface area contributed by atoms with Crippen molar-refractivity contribution in [2.75, 3.05) is 6.61 Å². The largest absolute Gasteiger partial charge is 0.492 e. The lowest BCUT2D eigenvalue weighted by molar-refractivity contribution is 0.208. The Balaban J connectivity index is 1.94. The number of hydrogen-bond acceptors (Lipinski definition) is 2. The minimum atomic E-state index is 0.0783. The second kappa shape index (κ2) is 6.23. The van der Waals surface area contributed by atoms with Crippen LogP contribution in [0.1, 0.15) is 37.7 Å². The summed E-state index contributed by atoms with van der Waals surface area (Å²) in [5, 5.41) is 7.38. The van der Waals surface area contributed by atoms with Crippen LogP contribution in [0, 0.1) is 11.3 Å². The summed E-state index contributed by atoms with van der Waals surface area (Å²) in [6.07, 6.45) is 6.59. The van der Waals surface area contributed by atoms with E-state index in [0.717, 1.165) is 16.8 Å². The Morgan fingerprint density at radius 3 is 2.67 bits per heavy atom. The van der Waals surface area contributed by atoms with Gasteiger partial charge in [0.15, 0.2) is 0 Å². The van der Waals surface area contributed by atoms with Crippen molar-refractivity contribution in [1.29, 1.82) is 5.41 Å². The second-order valence-electron chi connectivity index (χ2n) is 4.87. The molecule has 18 heavy (non-hydrogen) atoms. The second-order valence-corrected chi connectivity index (χ2v) is 5.73. The van der Waals surface area contributed by atoms with Crippen molar-refractivity contribution in [2.24, 2.45) is 11.7 Å². The predicted octanol–water partition coefficient (Wildman–Crippen LogP) is 3.69. The molecule has 0 radical (unpaired) electrons. The number of benzene rings is 1. The minimum absolute atomic E-state index is 0.0783. The molecule has 2 rings (SSSR count). The van der Waals surface area contributed by atoms with E-state index in [0.29, 0.717) is 11.5 Å². The van der Waals surface area contributed by atoms with Crippen LogP contribution in [-0.2, 0) is 0 Å². The van der Waals surface area contributed by atoms with Gasteiger partial charge in [-0.2, -0.15) is 0 Å². The summed E-state index contributed by atoms with van der Waals surface area (Å²) in [6, 6.07) is 5.53. The Bertz CT molecular complexity index is 428. The fourth-order valence-electron chi connectivity index (χ4n) is 2.35. The van der Waals surface area contributed by atoms with Gasteiger partial charge in [0, 0.05) is 5.56 Å². The number of halogens is 1. The maximum Gasteiger partial charge on any atom is 0.133 e. The molecule has 0 amide bonds. The first-order valence-electron chi connectivity index (χ1n) is 6.43. The van der Waals surface area contributed by atoms with Crippen LogP contribution in [0.4, 0.5) is 0 Å². The van der Waals surface area contributed by atoms with E-state index >= 15 is 0 Å². The number of hydrogen-bond donors (Lipinski definition) is 2. The Morgan fingerprint density at radius 1 is 1.33 bits per heavy atom. The summed E-state index contributed by atoms with van der Waals surface area (Å²) in [7, 11) is 0. The summed E-state index contributed by atoms with van der Waals surface area (Å²) in [5.41, 5.74) is 6.16. The summed E-state index contributed by atoms with van der Waals surface area (Å²) in [5.74, 6) is 1.61. The van der Waals surface area contributed by atoms with Crippen LogP contribution in [0.25, 0.3) is 0 Å². The summed E-state index contributed by atoms with van der Waals surface area (Å²) in [4.78, 5) is 0. The molecule has 1 aliphatic rings. The topological polar surface area (TPSA) is 59.1 Å². The third-order valence-corrected chi connectivity index (χ3v) is 4.06. The average molecular weight is 311 g/mol. The van der Waals surface area contributed by atoms with Gasteiger partial charge in [-0.1, -0.05) is 19.3 Å². The number of ether oxygens (including phenoxy) is 1. The van der Waals surface area contributed by atoms with Gasteiger partial charge in [0.1, 0.15) is 11.6 Å². The smallest absolute Gasteiger partial charge is 0.133 e. The summed E-state index contributed by atoms with van der Waals surface area (Å²) in [6.45, 7) is 0.790. The van der Waals surface area contributed by atoms with Crippen LogP contribution in [0.5, 0.6) is 5.75 Å². The van der Waals surface area contributed by atoms with Gasteiger partial charge in [-0.3, -0.25) is 5.41 Å². The molecule has 98 valence electrons. The maximum absolute atomic E-state index is 7.38. The van der Waals surface area contributed by atoms with Gasteiger partial charge in [0.2, 0.25) is 0 Å². The monoisotopic (exact) mass is 310 g/mol. The zero-order valence-corrected chi connectivity index (χ0v) is 12.0. The van der Waals surface area contributed by atoms with E-state index in [-0.39, 0.29) is 5.84 Å². The van der Waals surface area contributed by atoms with Crippen molar-refractivity contribution in [3.05, 3.63) is 28.2 Å². The number of nitrogen functional groups attached to an aromatic ring is 1. The lowest BCUT2D eigenvalue weighted by Crippen LogP contribution is -2.15. The fraction of sp³-hybridized carbons (Fsp3) is 0.500. The van der Waals surface area contributed by atoms with Crippen molar-refractivity contribution in [2.45, 2.75) is 32.1 Å². The van der Waals surface area contributed by atoms with Crippen LogP contribution in [0.2, 0.25) is 0 Å². The molecule has 1 saturated carbocycles. The molecule has 0 unspecified atom stereocenters. The van der Waals surface area contributed by atoms with Gasteiger partial charge < -0.3 is 10.5 Å². The first-order valence-corrected chi connectivity index (χ1v) is 7.23. The Labute approximate surface area is 116 Å². The quantitative estimate of drug-likeness (QED) is 0.658. The zero-order valence-electron chi connectivity index (χ0n) is 10.4. The van der Waals surface area contributed by atoms with Crippen molar-refractivity contribution in [3.8, 4) is 5.75 Å². The van der Waals surface area contributed by atoms with Gasteiger partial charge in [-0.05, 0) is 52.9 Å². The molecule has 0 spiro atoms. The van der Waals surface area contributed by atoms with Gasteiger partial charge in [-0.15, -0.1) is 0 Å². The van der Waals surface area contributed by atoms with Crippen LogP contribution in [0.15, 0.2) is 22.7 Å². The molecule has 1 aliphatic carbocycles.